The molecule has 1 heterocycles. The molecule has 1 saturated heterocycles. The highest BCUT2D eigenvalue weighted by Crippen LogP contribution is 2.21. The Morgan fingerprint density at radius 1 is 1.48 bits per heavy atom. The Hall–Kier alpha value is -1.60. The zero-order chi connectivity index (χ0) is 15.6. The van der Waals surface area contributed by atoms with Crippen molar-refractivity contribution in [3.8, 4) is 0 Å². The number of rotatable bonds is 4. The molecule has 1 aliphatic rings. The predicted octanol–water partition coefficient (Wildman–Crippen LogP) is 0.199. The molecule has 2 rings (SSSR count). The van der Waals surface area contributed by atoms with Crippen molar-refractivity contribution in [2.24, 2.45) is 0 Å². The minimum atomic E-state index is -3.08. The first-order valence-electron chi connectivity index (χ1n) is 6.82. The van der Waals surface area contributed by atoms with Gasteiger partial charge in [-0.1, -0.05) is 0 Å². The Labute approximate surface area is 124 Å². The van der Waals surface area contributed by atoms with Crippen molar-refractivity contribution >= 4 is 21.4 Å². The molecule has 1 aliphatic heterocycles. The lowest BCUT2D eigenvalue weighted by molar-refractivity contribution is 0.0655. The quantitative estimate of drug-likeness (QED) is 0.773. The minimum Gasteiger partial charge on any atom is -0.399 e. The average molecular weight is 312 g/mol. The third kappa shape index (κ3) is 3.54. The summed E-state index contributed by atoms with van der Waals surface area (Å²) in [5, 5.41) is 9.16. The molecule has 1 aromatic carbocycles. The summed E-state index contributed by atoms with van der Waals surface area (Å²) < 4.78 is 23.2. The maximum atomic E-state index is 12.6. The van der Waals surface area contributed by atoms with E-state index in [1.54, 1.807) is 18.2 Å². The maximum absolute atomic E-state index is 12.6. The normalized spacial score (nSPS) is 20.4. The van der Waals surface area contributed by atoms with Gasteiger partial charge in [0.15, 0.2) is 9.84 Å². The standard InChI is InChI=1S/C14H20N2O4S/c1-10-8-11(2-3-13(10)15)14(18)16(5-6-17)12-4-7-21(19,20)9-12/h2-3,8,12,17H,4-7,9,15H2,1H3. The summed E-state index contributed by atoms with van der Waals surface area (Å²) in [4.78, 5) is 14.0. The van der Waals surface area contributed by atoms with Crippen molar-refractivity contribution in [1.82, 2.24) is 4.90 Å². The van der Waals surface area contributed by atoms with Crippen molar-refractivity contribution in [1.29, 1.82) is 0 Å². The summed E-state index contributed by atoms with van der Waals surface area (Å²) in [5.41, 5.74) is 7.59. The van der Waals surface area contributed by atoms with Crippen molar-refractivity contribution < 1.29 is 18.3 Å². The van der Waals surface area contributed by atoms with Crippen LogP contribution in [0, 0.1) is 6.92 Å². The molecule has 1 aromatic rings. The Morgan fingerprint density at radius 2 is 2.19 bits per heavy atom. The molecule has 1 atom stereocenters. The number of aryl methyl sites for hydroxylation is 1. The topological polar surface area (TPSA) is 101 Å². The predicted molar refractivity (Wildman–Crippen MR) is 80.8 cm³/mol. The van der Waals surface area contributed by atoms with Gasteiger partial charge in [0.1, 0.15) is 0 Å². The molecule has 7 heteroatoms. The van der Waals surface area contributed by atoms with Crippen molar-refractivity contribution in [2.45, 2.75) is 19.4 Å². The molecular formula is C14H20N2O4S. The van der Waals surface area contributed by atoms with E-state index in [1.807, 2.05) is 6.92 Å². The number of amides is 1. The van der Waals surface area contributed by atoms with E-state index in [0.717, 1.165) is 5.56 Å². The van der Waals surface area contributed by atoms with Gasteiger partial charge < -0.3 is 15.7 Å². The monoisotopic (exact) mass is 312 g/mol. The first-order chi connectivity index (χ1) is 9.84. The fourth-order valence-electron chi connectivity index (χ4n) is 2.55. The molecule has 0 bridgehead atoms. The van der Waals surface area contributed by atoms with E-state index in [4.69, 9.17) is 10.8 Å². The molecule has 1 amide bonds. The lowest BCUT2D eigenvalue weighted by Gasteiger charge is -2.27. The summed E-state index contributed by atoms with van der Waals surface area (Å²) >= 11 is 0. The lowest BCUT2D eigenvalue weighted by Crippen LogP contribution is -2.42. The number of aliphatic hydroxyl groups is 1. The van der Waals surface area contributed by atoms with Gasteiger partial charge in [0.25, 0.3) is 5.91 Å². The van der Waals surface area contributed by atoms with Crippen LogP contribution < -0.4 is 5.73 Å². The molecule has 6 nitrogen and oxygen atoms in total. The van der Waals surface area contributed by atoms with Crippen LogP contribution in [-0.2, 0) is 9.84 Å². The number of nitrogens with two attached hydrogens (primary N) is 1. The van der Waals surface area contributed by atoms with Crippen LogP contribution in [0.3, 0.4) is 0 Å². The molecule has 1 fully saturated rings. The third-order valence-electron chi connectivity index (χ3n) is 3.77. The molecule has 0 radical (unpaired) electrons. The Bertz CT molecular complexity index is 642. The second kappa shape index (κ2) is 6.03. The fourth-order valence-corrected chi connectivity index (χ4v) is 4.28. The molecule has 0 saturated carbocycles. The molecule has 3 N–H and O–H groups in total. The molecular weight excluding hydrogens is 292 g/mol. The highest BCUT2D eigenvalue weighted by atomic mass is 32.2. The molecule has 1 unspecified atom stereocenters. The summed E-state index contributed by atoms with van der Waals surface area (Å²) in [7, 11) is -3.08. The average Bonchev–Trinajstić information content (AvgIpc) is 2.78. The number of benzene rings is 1. The second-order valence-electron chi connectivity index (χ2n) is 5.35. The molecule has 21 heavy (non-hydrogen) atoms. The molecule has 0 spiro atoms. The van der Waals surface area contributed by atoms with E-state index >= 15 is 0 Å². The van der Waals surface area contributed by atoms with Crippen LogP contribution in [0.4, 0.5) is 5.69 Å². The Morgan fingerprint density at radius 3 is 2.71 bits per heavy atom. The van der Waals surface area contributed by atoms with Gasteiger partial charge >= 0.3 is 0 Å². The Kier molecular flexibility index (Phi) is 4.53. The van der Waals surface area contributed by atoms with Gasteiger partial charge in [-0.15, -0.1) is 0 Å². The van der Waals surface area contributed by atoms with Crippen LogP contribution >= 0.6 is 0 Å². The van der Waals surface area contributed by atoms with Gasteiger partial charge in [0.05, 0.1) is 18.1 Å². The fraction of sp³-hybridized carbons (Fsp3) is 0.500. The van der Waals surface area contributed by atoms with Crippen LogP contribution in [0.25, 0.3) is 0 Å². The number of hydrogen-bond acceptors (Lipinski definition) is 5. The smallest absolute Gasteiger partial charge is 0.254 e. The summed E-state index contributed by atoms with van der Waals surface area (Å²) in [6.45, 7) is 1.74. The summed E-state index contributed by atoms with van der Waals surface area (Å²) in [6.07, 6.45) is 0.419. The van der Waals surface area contributed by atoms with Gasteiger partial charge in [0.2, 0.25) is 0 Å². The van der Waals surface area contributed by atoms with Gasteiger partial charge in [-0.2, -0.15) is 0 Å². The van der Waals surface area contributed by atoms with E-state index in [2.05, 4.69) is 0 Å². The van der Waals surface area contributed by atoms with Gasteiger partial charge in [-0.3, -0.25) is 4.79 Å². The molecule has 116 valence electrons. The van der Waals surface area contributed by atoms with Crippen molar-refractivity contribution in [2.75, 3.05) is 30.4 Å². The molecule has 0 aromatic heterocycles. The van der Waals surface area contributed by atoms with Crippen molar-refractivity contribution in [3.63, 3.8) is 0 Å². The third-order valence-corrected chi connectivity index (χ3v) is 5.52. The van der Waals surface area contributed by atoms with Crippen LogP contribution in [0.5, 0.6) is 0 Å². The molecule has 0 aliphatic carbocycles. The number of carbonyl (C=O) groups is 1. The van der Waals surface area contributed by atoms with Gasteiger partial charge in [-0.05, 0) is 37.1 Å². The van der Waals surface area contributed by atoms with Crippen LogP contribution in [0.2, 0.25) is 0 Å². The first kappa shape index (κ1) is 15.8. The van der Waals surface area contributed by atoms with Gasteiger partial charge in [0, 0.05) is 23.8 Å². The SMILES string of the molecule is Cc1cc(C(=O)N(CCO)C2CCS(=O)(=O)C2)ccc1N. The zero-order valence-corrected chi connectivity index (χ0v) is 12.8. The number of aliphatic hydroxyl groups excluding tert-OH is 1. The van der Waals surface area contributed by atoms with Crippen LogP contribution in [-0.4, -0.2) is 55.0 Å². The highest BCUT2D eigenvalue weighted by Gasteiger charge is 2.34. The number of hydrogen-bond donors (Lipinski definition) is 2. The lowest BCUT2D eigenvalue weighted by atomic mass is 10.1. The minimum absolute atomic E-state index is 0.0350. The van der Waals surface area contributed by atoms with E-state index in [-0.39, 0.29) is 36.6 Å². The summed E-state index contributed by atoms with van der Waals surface area (Å²) in [5.74, 6) is -0.213. The van der Waals surface area contributed by atoms with E-state index < -0.39 is 9.84 Å². The Balaban J connectivity index is 2.25. The second-order valence-corrected chi connectivity index (χ2v) is 7.58. The number of sulfone groups is 1. The van der Waals surface area contributed by atoms with Crippen molar-refractivity contribution in [3.05, 3.63) is 29.3 Å². The van der Waals surface area contributed by atoms with Crippen LogP contribution in [0.1, 0.15) is 22.3 Å². The number of carbonyl (C=O) groups excluding carboxylic acids is 1. The number of nitrogens with zero attached hydrogens (tertiary/aromatic N) is 1. The highest BCUT2D eigenvalue weighted by molar-refractivity contribution is 7.91. The summed E-state index contributed by atoms with van der Waals surface area (Å²) in [6, 6.07) is 4.60. The van der Waals surface area contributed by atoms with E-state index in [0.29, 0.717) is 17.7 Å². The van der Waals surface area contributed by atoms with Crippen LogP contribution in [0.15, 0.2) is 18.2 Å². The van der Waals surface area contributed by atoms with Gasteiger partial charge in [-0.25, -0.2) is 8.42 Å². The first-order valence-corrected chi connectivity index (χ1v) is 8.64. The zero-order valence-electron chi connectivity index (χ0n) is 11.9. The largest absolute Gasteiger partial charge is 0.399 e. The number of anilines is 1. The van der Waals surface area contributed by atoms with E-state index in [9.17, 15) is 13.2 Å². The maximum Gasteiger partial charge on any atom is 0.254 e. The van der Waals surface area contributed by atoms with E-state index in [1.165, 1.54) is 4.90 Å². The number of nitrogen functional groups attached to an aromatic ring is 1.